The van der Waals surface area contributed by atoms with Gasteiger partial charge in [-0.2, -0.15) is 0 Å². The van der Waals surface area contributed by atoms with Crippen molar-refractivity contribution < 1.29 is 9.59 Å². The first-order valence-corrected chi connectivity index (χ1v) is 7.59. The molecule has 118 valence electrons. The van der Waals surface area contributed by atoms with Gasteiger partial charge in [0.2, 0.25) is 0 Å². The number of fused-ring (bicyclic) bond motifs is 1. The predicted molar refractivity (Wildman–Crippen MR) is 94.0 cm³/mol. The van der Waals surface area contributed by atoms with Gasteiger partial charge >= 0.3 is 0 Å². The third-order valence-corrected chi connectivity index (χ3v) is 3.68. The van der Waals surface area contributed by atoms with Gasteiger partial charge in [-0.25, -0.2) is 0 Å². The van der Waals surface area contributed by atoms with Crippen LogP contribution in [0.1, 0.15) is 33.2 Å². The van der Waals surface area contributed by atoms with Crippen molar-refractivity contribution in [1.29, 1.82) is 0 Å². The first-order valence-electron chi connectivity index (χ1n) is 7.59. The van der Waals surface area contributed by atoms with Crippen LogP contribution in [-0.2, 0) is 0 Å². The highest BCUT2D eigenvalue weighted by atomic mass is 16.1. The fourth-order valence-corrected chi connectivity index (χ4v) is 2.35. The largest absolute Gasteiger partial charge is 0.361 e. The second-order valence-electron chi connectivity index (χ2n) is 5.40. The van der Waals surface area contributed by atoms with Crippen molar-refractivity contribution >= 4 is 22.6 Å². The van der Waals surface area contributed by atoms with Gasteiger partial charge in [0, 0.05) is 28.4 Å². The fraction of sp³-hybridized carbons (Fsp3) is 0.100. The molecule has 3 aromatic rings. The van der Waals surface area contributed by atoms with Gasteiger partial charge in [0.25, 0.3) is 5.91 Å². The lowest BCUT2D eigenvalue weighted by Gasteiger charge is -2.01. The molecule has 0 aliphatic rings. The second kappa shape index (κ2) is 6.84. The molecule has 1 heterocycles. The Labute approximate surface area is 139 Å². The van der Waals surface area contributed by atoms with Crippen LogP contribution < -0.4 is 5.32 Å². The van der Waals surface area contributed by atoms with E-state index in [0.717, 1.165) is 16.5 Å². The van der Waals surface area contributed by atoms with E-state index in [2.05, 4.69) is 22.1 Å². The lowest BCUT2D eigenvalue weighted by atomic mass is 10.1. The number of aromatic amines is 1. The van der Waals surface area contributed by atoms with Crippen LogP contribution in [0.4, 0.5) is 0 Å². The number of benzene rings is 2. The van der Waals surface area contributed by atoms with Gasteiger partial charge in [-0.1, -0.05) is 30.0 Å². The van der Waals surface area contributed by atoms with Crippen LogP contribution in [0.5, 0.6) is 0 Å². The minimum absolute atomic E-state index is 0.0285. The molecule has 0 spiro atoms. The Morgan fingerprint density at radius 1 is 1.04 bits per heavy atom. The van der Waals surface area contributed by atoms with Crippen molar-refractivity contribution in [3.63, 3.8) is 0 Å². The maximum Gasteiger partial charge on any atom is 0.252 e. The first-order chi connectivity index (χ1) is 11.6. The van der Waals surface area contributed by atoms with Gasteiger partial charge in [-0.05, 0) is 42.6 Å². The highest BCUT2D eigenvalue weighted by Gasteiger charge is 2.05. The molecule has 1 amide bonds. The number of aromatic nitrogens is 1. The number of Topliss-reactive ketones (excluding diaryl/α,β-unsaturated/α-hetero) is 1. The number of carbonyl (C=O) groups excluding carboxylic acids is 2. The van der Waals surface area contributed by atoms with E-state index < -0.39 is 0 Å². The number of ketones is 1. The molecule has 0 bridgehead atoms. The summed E-state index contributed by atoms with van der Waals surface area (Å²) in [4.78, 5) is 26.4. The molecule has 0 atom stereocenters. The van der Waals surface area contributed by atoms with E-state index in [1.165, 1.54) is 6.92 Å². The Bertz CT molecular complexity index is 956. The van der Waals surface area contributed by atoms with Crippen LogP contribution >= 0.6 is 0 Å². The molecule has 1 aromatic heterocycles. The number of H-pyrrole nitrogens is 1. The zero-order valence-corrected chi connectivity index (χ0v) is 13.2. The van der Waals surface area contributed by atoms with Gasteiger partial charge in [0.05, 0.1) is 6.54 Å². The van der Waals surface area contributed by atoms with Gasteiger partial charge in [0.1, 0.15) is 0 Å². The normalized spacial score (nSPS) is 10.0. The van der Waals surface area contributed by atoms with Gasteiger partial charge < -0.3 is 10.3 Å². The molecule has 2 aromatic carbocycles. The molecular weight excluding hydrogens is 300 g/mol. The highest BCUT2D eigenvalue weighted by molar-refractivity contribution is 5.98. The van der Waals surface area contributed by atoms with Crippen LogP contribution in [0.2, 0.25) is 0 Å². The summed E-state index contributed by atoms with van der Waals surface area (Å²) >= 11 is 0. The van der Waals surface area contributed by atoms with E-state index in [1.807, 2.05) is 24.4 Å². The third kappa shape index (κ3) is 3.53. The Balaban J connectivity index is 1.59. The summed E-state index contributed by atoms with van der Waals surface area (Å²) in [5.41, 5.74) is 2.99. The Hall–Kier alpha value is -3.32. The van der Waals surface area contributed by atoms with Crippen LogP contribution in [-0.4, -0.2) is 23.2 Å². The lowest BCUT2D eigenvalue weighted by molar-refractivity contribution is 0.0957. The molecule has 3 rings (SSSR count). The van der Waals surface area contributed by atoms with E-state index in [-0.39, 0.29) is 18.2 Å². The van der Waals surface area contributed by atoms with Gasteiger partial charge in [0.15, 0.2) is 5.78 Å². The monoisotopic (exact) mass is 316 g/mol. The molecule has 0 unspecified atom stereocenters. The molecular formula is C20H16N2O2. The molecule has 2 N–H and O–H groups in total. The Morgan fingerprint density at radius 3 is 2.54 bits per heavy atom. The molecule has 4 nitrogen and oxygen atoms in total. The van der Waals surface area contributed by atoms with Crippen molar-refractivity contribution in [1.82, 2.24) is 10.3 Å². The molecule has 0 aliphatic carbocycles. The van der Waals surface area contributed by atoms with E-state index in [9.17, 15) is 9.59 Å². The quantitative estimate of drug-likeness (QED) is 0.576. The third-order valence-electron chi connectivity index (χ3n) is 3.68. The van der Waals surface area contributed by atoms with Crippen LogP contribution in [0, 0.1) is 11.8 Å². The first kappa shape index (κ1) is 15.6. The number of hydrogen-bond acceptors (Lipinski definition) is 2. The van der Waals surface area contributed by atoms with Crippen LogP contribution in [0.15, 0.2) is 54.7 Å². The number of amides is 1. The molecule has 0 aliphatic heterocycles. The maximum atomic E-state index is 12.1. The zero-order chi connectivity index (χ0) is 16.9. The van der Waals surface area contributed by atoms with E-state index in [0.29, 0.717) is 11.1 Å². The summed E-state index contributed by atoms with van der Waals surface area (Å²) in [7, 11) is 0. The number of rotatable bonds is 3. The maximum absolute atomic E-state index is 12.1. The summed E-state index contributed by atoms with van der Waals surface area (Å²) in [6.07, 6.45) is 1.84. The number of nitrogens with one attached hydrogen (secondary N) is 2. The van der Waals surface area contributed by atoms with E-state index in [4.69, 9.17) is 0 Å². The van der Waals surface area contributed by atoms with E-state index in [1.54, 1.807) is 30.3 Å². The van der Waals surface area contributed by atoms with Crippen molar-refractivity contribution in [2.45, 2.75) is 6.92 Å². The zero-order valence-electron chi connectivity index (χ0n) is 13.2. The topological polar surface area (TPSA) is 62.0 Å². The average molecular weight is 316 g/mol. The highest BCUT2D eigenvalue weighted by Crippen LogP contribution is 2.13. The predicted octanol–water partition coefficient (Wildman–Crippen LogP) is 3.15. The summed E-state index contributed by atoms with van der Waals surface area (Å²) in [5, 5.41) is 3.84. The number of carbonyl (C=O) groups is 2. The van der Waals surface area contributed by atoms with Crippen LogP contribution in [0.25, 0.3) is 10.9 Å². The van der Waals surface area contributed by atoms with Crippen molar-refractivity contribution in [2.75, 3.05) is 6.54 Å². The lowest BCUT2D eigenvalue weighted by Crippen LogP contribution is -2.23. The van der Waals surface area contributed by atoms with E-state index >= 15 is 0 Å². The number of hydrogen-bond donors (Lipinski definition) is 2. The van der Waals surface area contributed by atoms with Crippen molar-refractivity contribution in [2.24, 2.45) is 0 Å². The average Bonchev–Trinajstić information content (AvgIpc) is 3.06. The second-order valence-corrected chi connectivity index (χ2v) is 5.40. The summed E-state index contributed by atoms with van der Waals surface area (Å²) < 4.78 is 0. The molecule has 0 radical (unpaired) electrons. The summed E-state index contributed by atoms with van der Waals surface area (Å²) in [6.45, 7) is 1.79. The Morgan fingerprint density at radius 2 is 1.79 bits per heavy atom. The fourth-order valence-electron chi connectivity index (χ4n) is 2.35. The standard InChI is InChI=1S/C20H16N2O2/c1-14(23)16-6-4-15(5-7-16)3-2-11-22-20(24)18-9-8-17-10-12-21-19(17)13-18/h4-10,12-13,21H,11H2,1H3,(H,22,24). The molecule has 0 fully saturated rings. The minimum atomic E-state index is -0.160. The minimum Gasteiger partial charge on any atom is -0.361 e. The van der Waals surface area contributed by atoms with Gasteiger partial charge in [-0.15, -0.1) is 0 Å². The SMILES string of the molecule is CC(=O)c1ccc(C#CCNC(=O)c2ccc3cc[nH]c3c2)cc1. The van der Waals surface area contributed by atoms with Crippen molar-refractivity contribution in [3.05, 3.63) is 71.4 Å². The molecule has 0 saturated carbocycles. The van der Waals surface area contributed by atoms with Gasteiger partial charge in [-0.3, -0.25) is 9.59 Å². The smallest absolute Gasteiger partial charge is 0.252 e. The summed E-state index contributed by atoms with van der Waals surface area (Å²) in [5.74, 6) is 5.74. The van der Waals surface area contributed by atoms with Crippen molar-refractivity contribution in [3.8, 4) is 11.8 Å². The molecule has 0 saturated heterocycles. The van der Waals surface area contributed by atoms with Crippen LogP contribution in [0.3, 0.4) is 0 Å². The molecule has 4 heteroatoms. The Kier molecular flexibility index (Phi) is 4.44. The molecule has 24 heavy (non-hydrogen) atoms. The summed E-state index contributed by atoms with van der Waals surface area (Å²) in [6, 6.07) is 14.6.